The highest BCUT2D eigenvalue weighted by molar-refractivity contribution is 5.26. The molecular formula is C9H16N2O. The van der Waals surface area contributed by atoms with Crippen LogP contribution in [-0.2, 0) is 0 Å². The second-order valence-corrected chi connectivity index (χ2v) is 3.32. The summed E-state index contributed by atoms with van der Waals surface area (Å²) in [6.07, 6.45) is -0.512. The number of nitrogens with one attached hydrogen (secondary N) is 1. The van der Waals surface area contributed by atoms with E-state index in [1.165, 1.54) is 0 Å². The number of hydrogen-bond donors (Lipinski definition) is 3. The predicted molar refractivity (Wildman–Crippen MR) is 48.9 cm³/mol. The van der Waals surface area contributed by atoms with E-state index in [1.807, 2.05) is 19.9 Å². The van der Waals surface area contributed by atoms with Gasteiger partial charge in [0.15, 0.2) is 0 Å². The largest absolute Gasteiger partial charge is 0.391 e. The average Bonchev–Trinajstić information content (AvgIpc) is 2.28. The summed E-state index contributed by atoms with van der Waals surface area (Å²) in [6, 6.07) is 1.72. The molecule has 1 aromatic heterocycles. The van der Waals surface area contributed by atoms with Crippen molar-refractivity contribution in [1.82, 2.24) is 4.98 Å². The molecule has 2 atom stereocenters. The van der Waals surface area contributed by atoms with Crippen molar-refractivity contribution < 1.29 is 5.11 Å². The van der Waals surface area contributed by atoms with Crippen molar-refractivity contribution in [2.75, 3.05) is 0 Å². The highest BCUT2D eigenvalue weighted by Gasteiger charge is 2.15. The Kier molecular flexibility index (Phi) is 2.55. The molecule has 0 bridgehead atoms. The van der Waals surface area contributed by atoms with Crippen molar-refractivity contribution in [2.24, 2.45) is 5.73 Å². The molecule has 3 heteroatoms. The topological polar surface area (TPSA) is 62.0 Å². The van der Waals surface area contributed by atoms with Crippen molar-refractivity contribution in [3.8, 4) is 0 Å². The fourth-order valence-corrected chi connectivity index (χ4v) is 1.34. The molecule has 0 fully saturated rings. The van der Waals surface area contributed by atoms with Gasteiger partial charge in [-0.25, -0.2) is 0 Å². The van der Waals surface area contributed by atoms with Gasteiger partial charge in [0.1, 0.15) is 0 Å². The highest BCUT2D eigenvalue weighted by Crippen LogP contribution is 2.18. The summed E-state index contributed by atoms with van der Waals surface area (Å²) in [5, 5.41) is 9.26. The van der Waals surface area contributed by atoms with Crippen LogP contribution in [0.25, 0.3) is 0 Å². The zero-order chi connectivity index (χ0) is 9.30. The summed E-state index contributed by atoms with van der Waals surface area (Å²) < 4.78 is 0. The van der Waals surface area contributed by atoms with Gasteiger partial charge in [-0.2, -0.15) is 0 Å². The van der Waals surface area contributed by atoms with Crippen LogP contribution in [0.2, 0.25) is 0 Å². The molecule has 0 aromatic carbocycles. The van der Waals surface area contributed by atoms with Gasteiger partial charge in [-0.15, -0.1) is 0 Å². The van der Waals surface area contributed by atoms with Crippen LogP contribution in [0.5, 0.6) is 0 Å². The highest BCUT2D eigenvalue weighted by atomic mass is 16.3. The Bertz CT molecular complexity index is 265. The second-order valence-electron chi connectivity index (χ2n) is 3.32. The first-order valence-corrected chi connectivity index (χ1v) is 4.12. The number of nitrogens with two attached hydrogens (primary N) is 1. The van der Waals surface area contributed by atoms with E-state index in [0.717, 1.165) is 17.0 Å². The number of rotatable bonds is 2. The zero-order valence-electron chi connectivity index (χ0n) is 7.76. The van der Waals surface area contributed by atoms with Crippen molar-refractivity contribution in [2.45, 2.75) is 32.9 Å². The molecule has 0 aliphatic rings. The first-order valence-electron chi connectivity index (χ1n) is 4.12. The summed E-state index contributed by atoms with van der Waals surface area (Å²) in [7, 11) is 0. The molecule has 0 aliphatic heterocycles. The number of aromatic nitrogens is 1. The third-order valence-corrected chi connectivity index (χ3v) is 2.04. The lowest BCUT2D eigenvalue weighted by atomic mass is 10.1. The van der Waals surface area contributed by atoms with E-state index in [0.29, 0.717) is 0 Å². The van der Waals surface area contributed by atoms with E-state index in [4.69, 9.17) is 5.73 Å². The minimum atomic E-state index is -0.512. The first kappa shape index (κ1) is 9.29. The maximum absolute atomic E-state index is 9.26. The molecule has 0 radical (unpaired) electrons. The monoisotopic (exact) mass is 168 g/mol. The Morgan fingerprint density at radius 1 is 1.50 bits per heavy atom. The molecule has 1 rings (SSSR count). The zero-order valence-corrected chi connectivity index (χ0v) is 7.76. The van der Waals surface area contributed by atoms with Gasteiger partial charge in [0.25, 0.3) is 0 Å². The molecule has 2 unspecified atom stereocenters. The average molecular weight is 168 g/mol. The number of aliphatic hydroxyl groups excluding tert-OH is 1. The van der Waals surface area contributed by atoms with Crippen LogP contribution in [0.4, 0.5) is 0 Å². The molecular weight excluding hydrogens is 152 g/mol. The van der Waals surface area contributed by atoms with E-state index in [1.54, 1.807) is 6.92 Å². The molecule has 0 saturated heterocycles. The molecule has 0 saturated carbocycles. The van der Waals surface area contributed by atoms with E-state index >= 15 is 0 Å². The Balaban J connectivity index is 2.94. The maximum atomic E-state index is 9.26. The lowest BCUT2D eigenvalue weighted by Gasteiger charge is -2.14. The number of aryl methyl sites for hydroxylation is 2. The van der Waals surface area contributed by atoms with Gasteiger partial charge in [0, 0.05) is 11.4 Å². The minimum Gasteiger partial charge on any atom is -0.391 e. The van der Waals surface area contributed by atoms with Crippen LogP contribution < -0.4 is 5.73 Å². The van der Waals surface area contributed by atoms with Gasteiger partial charge >= 0.3 is 0 Å². The van der Waals surface area contributed by atoms with Gasteiger partial charge in [0.05, 0.1) is 12.1 Å². The van der Waals surface area contributed by atoms with Crippen LogP contribution >= 0.6 is 0 Å². The summed E-state index contributed by atoms with van der Waals surface area (Å²) in [6.45, 7) is 5.66. The van der Waals surface area contributed by atoms with E-state index in [9.17, 15) is 5.11 Å². The van der Waals surface area contributed by atoms with E-state index in [2.05, 4.69) is 4.98 Å². The predicted octanol–water partition coefficient (Wildman–Crippen LogP) is 1.01. The van der Waals surface area contributed by atoms with E-state index < -0.39 is 6.10 Å². The lowest BCUT2D eigenvalue weighted by molar-refractivity contribution is 0.162. The van der Waals surface area contributed by atoms with Crippen molar-refractivity contribution in [3.63, 3.8) is 0 Å². The summed E-state index contributed by atoms with van der Waals surface area (Å²) in [5.74, 6) is 0. The summed E-state index contributed by atoms with van der Waals surface area (Å²) in [5.41, 5.74) is 8.90. The van der Waals surface area contributed by atoms with E-state index in [-0.39, 0.29) is 6.04 Å². The Morgan fingerprint density at radius 3 is 2.42 bits per heavy atom. The second kappa shape index (κ2) is 3.29. The fourth-order valence-electron chi connectivity index (χ4n) is 1.34. The third-order valence-electron chi connectivity index (χ3n) is 2.04. The van der Waals surface area contributed by atoms with Crippen LogP contribution in [0, 0.1) is 13.8 Å². The summed E-state index contributed by atoms with van der Waals surface area (Å²) >= 11 is 0. The van der Waals surface area contributed by atoms with Gasteiger partial charge in [-0.3, -0.25) is 0 Å². The van der Waals surface area contributed by atoms with Crippen LogP contribution in [0.3, 0.4) is 0 Å². The molecule has 0 spiro atoms. The third kappa shape index (κ3) is 1.68. The Labute approximate surface area is 72.6 Å². The normalized spacial score (nSPS) is 16.1. The number of aliphatic hydroxyl groups is 1. The minimum absolute atomic E-state index is 0.307. The molecule has 1 aromatic rings. The number of hydrogen-bond acceptors (Lipinski definition) is 2. The van der Waals surface area contributed by atoms with Crippen LogP contribution in [0.1, 0.15) is 29.9 Å². The number of aromatic amines is 1. The lowest BCUT2D eigenvalue weighted by Crippen LogP contribution is -2.24. The van der Waals surface area contributed by atoms with Crippen molar-refractivity contribution in [1.29, 1.82) is 0 Å². The molecule has 68 valence electrons. The van der Waals surface area contributed by atoms with Gasteiger partial charge in [-0.05, 0) is 32.4 Å². The SMILES string of the molecule is Cc1cc(C)c(C(N)C(C)O)[nH]1. The summed E-state index contributed by atoms with van der Waals surface area (Å²) in [4.78, 5) is 3.14. The standard InChI is InChI=1S/C9H16N2O/c1-5-4-6(2)11-9(5)8(10)7(3)12/h4,7-8,11-12H,10H2,1-3H3. The maximum Gasteiger partial charge on any atom is 0.0719 e. The van der Waals surface area contributed by atoms with Gasteiger partial charge in [-0.1, -0.05) is 0 Å². The van der Waals surface area contributed by atoms with Gasteiger partial charge in [0.2, 0.25) is 0 Å². The van der Waals surface area contributed by atoms with Crippen molar-refractivity contribution >= 4 is 0 Å². The van der Waals surface area contributed by atoms with Gasteiger partial charge < -0.3 is 15.8 Å². The smallest absolute Gasteiger partial charge is 0.0719 e. The molecule has 4 N–H and O–H groups in total. The Hall–Kier alpha value is -0.800. The molecule has 0 aliphatic carbocycles. The fraction of sp³-hybridized carbons (Fsp3) is 0.556. The van der Waals surface area contributed by atoms with Crippen molar-refractivity contribution in [3.05, 3.63) is 23.0 Å². The first-order chi connectivity index (χ1) is 5.52. The molecule has 1 heterocycles. The Morgan fingerprint density at radius 2 is 2.08 bits per heavy atom. The van der Waals surface area contributed by atoms with Crippen LogP contribution in [-0.4, -0.2) is 16.2 Å². The molecule has 3 nitrogen and oxygen atoms in total. The van der Waals surface area contributed by atoms with Crippen LogP contribution in [0.15, 0.2) is 6.07 Å². The quantitative estimate of drug-likeness (QED) is 0.617. The molecule has 0 amide bonds. The molecule has 12 heavy (non-hydrogen) atoms. The number of H-pyrrole nitrogens is 1.